The summed E-state index contributed by atoms with van der Waals surface area (Å²) in [5.41, 5.74) is 0. The van der Waals surface area contributed by atoms with E-state index in [1.807, 2.05) is 0 Å². The van der Waals surface area contributed by atoms with E-state index in [4.69, 9.17) is 0 Å². The van der Waals surface area contributed by atoms with Gasteiger partial charge in [-0.15, -0.1) is 0 Å². The van der Waals surface area contributed by atoms with Gasteiger partial charge in [-0.3, -0.25) is 4.79 Å². The highest BCUT2D eigenvalue weighted by molar-refractivity contribution is 5.68. The summed E-state index contributed by atoms with van der Waals surface area (Å²) in [4.78, 5) is 11.0. The monoisotopic (exact) mass is 312 g/mol. The van der Waals surface area contributed by atoms with Crippen molar-refractivity contribution in [3.8, 4) is 0 Å². The molecule has 0 amide bonds. The van der Waals surface area contributed by atoms with Gasteiger partial charge in [0, 0.05) is 6.42 Å². The Labute approximate surface area is 139 Å². The highest BCUT2D eigenvalue weighted by Crippen LogP contribution is 2.27. The second-order valence-electron chi connectivity index (χ2n) is 6.88. The third-order valence-electron chi connectivity index (χ3n) is 5.03. The Kier molecular flexibility index (Phi) is 15.0. The van der Waals surface area contributed by atoms with Crippen molar-refractivity contribution in [1.82, 2.24) is 0 Å². The minimum Gasteiger partial charge on any atom is -0.469 e. The normalized spacial score (nSPS) is 13.8. The van der Waals surface area contributed by atoms with Crippen molar-refractivity contribution in [3.63, 3.8) is 0 Å². The van der Waals surface area contributed by atoms with Crippen LogP contribution in [-0.4, -0.2) is 13.1 Å². The summed E-state index contributed by atoms with van der Waals surface area (Å²) in [7, 11) is 1.47. The van der Waals surface area contributed by atoms with Crippen molar-refractivity contribution < 1.29 is 9.53 Å². The number of hydrogen-bond donors (Lipinski definition) is 0. The molecule has 0 aliphatic heterocycles. The first kappa shape index (κ1) is 21.5. The standard InChI is InChI=1S/C20H40O2/c1-5-7-8-9-12-15-18(3)19(6-2)16-13-10-11-14-17-20(21)22-4/h18-19H,5-17H2,1-4H3. The minimum atomic E-state index is -0.0665. The second kappa shape index (κ2) is 15.4. The van der Waals surface area contributed by atoms with Crippen LogP contribution in [0.5, 0.6) is 0 Å². The molecule has 0 saturated heterocycles. The molecule has 0 aliphatic rings. The molecular weight excluding hydrogens is 272 g/mol. The van der Waals surface area contributed by atoms with Gasteiger partial charge in [0.25, 0.3) is 0 Å². The molecule has 0 spiro atoms. The number of methoxy groups -OCH3 is 1. The highest BCUT2D eigenvalue weighted by Gasteiger charge is 2.14. The molecule has 0 aromatic carbocycles. The fourth-order valence-corrected chi connectivity index (χ4v) is 3.33. The fourth-order valence-electron chi connectivity index (χ4n) is 3.33. The summed E-state index contributed by atoms with van der Waals surface area (Å²) >= 11 is 0. The molecule has 0 aromatic rings. The second-order valence-corrected chi connectivity index (χ2v) is 6.88. The fraction of sp³-hybridized carbons (Fsp3) is 0.950. The largest absolute Gasteiger partial charge is 0.469 e. The van der Waals surface area contributed by atoms with Crippen molar-refractivity contribution in [1.29, 1.82) is 0 Å². The Morgan fingerprint density at radius 2 is 1.45 bits per heavy atom. The van der Waals surface area contributed by atoms with Crippen molar-refractivity contribution in [2.45, 2.75) is 104 Å². The average Bonchev–Trinajstić information content (AvgIpc) is 2.53. The van der Waals surface area contributed by atoms with Crippen LogP contribution in [0.2, 0.25) is 0 Å². The first-order valence-electron chi connectivity index (χ1n) is 9.72. The summed E-state index contributed by atoms with van der Waals surface area (Å²) in [5, 5.41) is 0. The van der Waals surface area contributed by atoms with E-state index in [9.17, 15) is 4.79 Å². The van der Waals surface area contributed by atoms with Crippen LogP contribution >= 0.6 is 0 Å². The Hall–Kier alpha value is -0.530. The van der Waals surface area contributed by atoms with Crippen LogP contribution in [0.15, 0.2) is 0 Å². The maximum Gasteiger partial charge on any atom is 0.305 e. The SMILES string of the molecule is CCCCCCCC(C)C(CC)CCCCCCC(=O)OC. The molecule has 22 heavy (non-hydrogen) atoms. The predicted octanol–water partition coefficient (Wildman–Crippen LogP) is 6.52. The van der Waals surface area contributed by atoms with Crippen LogP contribution in [0.25, 0.3) is 0 Å². The lowest BCUT2D eigenvalue weighted by Crippen LogP contribution is -2.11. The van der Waals surface area contributed by atoms with E-state index >= 15 is 0 Å². The molecule has 0 saturated carbocycles. The lowest BCUT2D eigenvalue weighted by atomic mass is 9.83. The first-order valence-corrected chi connectivity index (χ1v) is 9.72. The Morgan fingerprint density at radius 3 is 2.05 bits per heavy atom. The van der Waals surface area contributed by atoms with Gasteiger partial charge in [-0.2, -0.15) is 0 Å². The Balaban J connectivity index is 3.61. The van der Waals surface area contributed by atoms with Crippen molar-refractivity contribution in [2.75, 3.05) is 7.11 Å². The average molecular weight is 313 g/mol. The zero-order chi connectivity index (χ0) is 16.6. The Bertz CT molecular complexity index is 250. The molecule has 0 bridgehead atoms. The minimum absolute atomic E-state index is 0.0665. The predicted molar refractivity (Wildman–Crippen MR) is 96.0 cm³/mol. The van der Waals surface area contributed by atoms with Crippen LogP contribution in [0.1, 0.15) is 104 Å². The number of rotatable bonds is 15. The van der Waals surface area contributed by atoms with Gasteiger partial charge in [0.1, 0.15) is 0 Å². The third-order valence-corrected chi connectivity index (χ3v) is 5.03. The first-order chi connectivity index (χ1) is 10.7. The molecule has 0 aromatic heterocycles. The topological polar surface area (TPSA) is 26.3 Å². The third kappa shape index (κ3) is 12.1. The molecule has 2 unspecified atom stereocenters. The lowest BCUT2D eigenvalue weighted by Gasteiger charge is -2.22. The lowest BCUT2D eigenvalue weighted by molar-refractivity contribution is -0.140. The van der Waals surface area contributed by atoms with Gasteiger partial charge in [0.15, 0.2) is 0 Å². The molecule has 0 heterocycles. The van der Waals surface area contributed by atoms with E-state index in [1.54, 1.807) is 0 Å². The number of ether oxygens (including phenoxy) is 1. The molecule has 0 N–H and O–H groups in total. The number of carbonyl (C=O) groups is 1. The summed E-state index contributed by atoms with van der Waals surface area (Å²) in [5.74, 6) is 1.71. The quantitative estimate of drug-likeness (QED) is 0.254. The molecule has 0 radical (unpaired) electrons. The summed E-state index contributed by atoms with van der Waals surface area (Å²) in [6.45, 7) is 7.07. The maximum absolute atomic E-state index is 11.0. The molecule has 0 rings (SSSR count). The van der Waals surface area contributed by atoms with Gasteiger partial charge in [0.05, 0.1) is 7.11 Å². The molecular formula is C20H40O2. The smallest absolute Gasteiger partial charge is 0.305 e. The number of hydrogen-bond acceptors (Lipinski definition) is 2. The summed E-state index contributed by atoms with van der Waals surface area (Å²) < 4.78 is 4.67. The molecule has 0 fully saturated rings. The Morgan fingerprint density at radius 1 is 0.864 bits per heavy atom. The zero-order valence-corrected chi connectivity index (χ0v) is 15.7. The zero-order valence-electron chi connectivity index (χ0n) is 15.7. The van der Waals surface area contributed by atoms with E-state index in [0.29, 0.717) is 6.42 Å². The molecule has 0 aliphatic carbocycles. The maximum atomic E-state index is 11.0. The summed E-state index contributed by atoms with van der Waals surface area (Å²) in [6, 6.07) is 0. The van der Waals surface area contributed by atoms with Crippen molar-refractivity contribution in [2.24, 2.45) is 11.8 Å². The van der Waals surface area contributed by atoms with Crippen molar-refractivity contribution >= 4 is 5.97 Å². The van der Waals surface area contributed by atoms with E-state index < -0.39 is 0 Å². The van der Waals surface area contributed by atoms with E-state index in [-0.39, 0.29) is 5.97 Å². The molecule has 2 heteroatoms. The van der Waals surface area contributed by atoms with Gasteiger partial charge < -0.3 is 4.74 Å². The van der Waals surface area contributed by atoms with Crippen LogP contribution in [0, 0.1) is 11.8 Å². The van der Waals surface area contributed by atoms with E-state index in [0.717, 1.165) is 24.7 Å². The van der Waals surface area contributed by atoms with Crippen LogP contribution in [0.3, 0.4) is 0 Å². The number of esters is 1. The van der Waals surface area contributed by atoms with Crippen LogP contribution in [-0.2, 0) is 9.53 Å². The van der Waals surface area contributed by atoms with Crippen LogP contribution in [0.4, 0.5) is 0 Å². The summed E-state index contributed by atoms with van der Waals surface area (Å²) in [6.07, 6.45) is 16.4. The van der Waals surface area contributed by atoms with E-state index in [2.05, 4.69) is 25.5 Å². The van der Waals surface area contributed by atoms with Gasteiger partial charge in [0.2, 0.25) is 0 Å². The molecule has 2 nitrogen and oxygen atoms in total. The van der Waals surface area contributed by atoms with Gasteiger partial charge >= 0.3 is 5.97 Å². The van der Waals surface area contributed by atoms with E-state index in [1.165, 1.54) is 71.3 Å². The molecule has 2 atom stereocenters. The molecule has 132 valence electrons. The highest BCUT2D eigenvalue weighted by atomic mass is 16.5. The van der Waals surface area contributed by atoms with Gasteiger partial charge in [-0.25, -0.2) is 0 Å². The van der Waals surface area contributed by atoms with Crippen LogP contribution < -0.4 is 0 Å². The number of carbonyl (C=O) groups excluding carboxylic acids is 1. The van der Waals surface area contributed by atoms with Crippen molar-refractivity contribution in [3.05, 3.63) is 0 Å². The number of unbranched alkanes of at least 4 members (excludes halogenated alkanes) is 7. The van der Waals surface area contributed by atoms with Gasteiger partial charge in [-0.05, 0) is 18.3 Å². The van der Waals surface area contributed by atoms with Gasteiger partial charge in [-0.1, -0.05) is 91.4 Å².